The molecule has 0 fully saturated rings. The summed E-state index contributed by atoms with van der Waals surface area (Å²) in [6.45, 7) is 4.36. The Morgan fingerprint density at radius 1 is 1.60 bits per heavy atom. The van der Waals surface area contributed by atoms with Gasteiger partial charge in [-0.1, -0.05) is 20.3 Å². The number of aromatic nitrogens is 1. The molecular formula is C14H18N2O3S. The van der Waals surface area contributed by atoms with Crippen molar-refractivity contribution in [3.8, 4) is 10.8 Å². The Kier molecular flexibility index (Phi) is 4.92. The van der Waals surface area contributed by atoms with Crippen molar-refractivity contribution in [1.29, 1.82) is 0 Å². The van der Waals surface area contributed by atoms with Crippen molar-refractivity contribution in [2.24, 2.45) is 5.92 Å². The van der Waals surface area contributed by atoms with E-state index in [0.29, 0.717) is 6.54 Å². The Morgan fingerprint density at radius 2 is 2.40 bits per heavy atom. The van der Waals surface area contributed by atoms with Crippen LogP contribution < -0.4 is 5.32 Å². The molecule has 0 amide bonds. The van der Waals surface area contributed by atoms with E-state index in [0.717, 1.165) is 22.9 Å². The molecule has 6 heteroatoms. The van der Waals surface area contributed by atoms with Crippen molar-refractivity contribution in [1.82, 2.24) is 10.3 Å². The van der Waals surface area contributed by atoms with E-state index >= 15 is 0 Å². The molecule has 0 bridgehead atoms. The average Bonchev–Trinajstić information content (AvgIpc) is 3.08. The molecule has 0 saturated heterocycles. The molecule has 20 heavy (non-hydrogen) atoms. The van der Waals surface area contributed by atoms with E-state index in [9.17, 15) is 9.90 Å². The highest BCUT2D eigenvalue weighted by molar-refractivity contribution is 7.13. The minimum absolute atomic E-state index is 0.0793. The number of carboxylic acid groups (broad SMARTS) is 1. The molecule has 2 aromatic heterocycles. The molecule has 0 unspecified atom stereocenters. The Bertz CT molecular complexity index is 551. The zero-order chi connectivity index (χ0) is 14.5. The van der Waals surface area contributed by atoms with E-state index in [1.54, 1.807) is 6.26 Å². The molecule has 0 aliphatic carbocycles. The first-order chi connectivity index (χ1) is 9.61. The number of nitrogens with one attached hydrogen (secondary N) is 1. The van der Waals surface area contributed by atoms with Gasteiger partial charge < -0.3 is 9.52 Å². The predicted octanol–water partition coefficient (Wildman–Crippen LogP) is 2.99. The number of thiazole rings is 1. The van der Waals surface area contributed by atoms with Gasteiger partial charge in [-0.25, -0.2) is 4.98 Å². The normalized spacial score (nSPS) is 14.1. The fourth-order valence-corrected chi connectivity index (χ4v) is 2.67. The Labute approximate surface area is 121 Å². The van der Waals surface area contributed by atoms with Gasteiger partial charge in [0.15, 0.2) is 10.8 Å². The van der Waals surface area contributed by atoms with Crippen molar-refractivity contribution in [2.45, 2.75) is 32.9 Å². The maximum Gasteiger partial charge on any atom is 0.320 e. The minimum atomic E-state index is -0.819. The van der Waals surface area contributed by atoms with Gasteiger partial charge in [0, 0.05) is 11.9 Å². The van der Waals surface area contributed by atoms with E-state index in [2.05, 4.69) is 10.3 Å². The fraction of sp³-hybridized carbons (Fsp3) is 0.429. The maximum absolute atomic E-state index is 11.2. The molecule has 0 aliphatic heterocycles. The smallest absolute Gasteiger partial charge is 0.320 e. The molecule has 2 aromatic rings. The first kappa shape index (κ1) is 14.7. The van der Waals surface area contributed by atoms with Crippen LogP contribution in [0.5, 0.6) is 0 Å². The summed E-state index contributed by atoms with van der Waals surface area (Å²) < 4.78 is 5.29. The number of hydrogen-bond acceptors (Lipinski definition) is 5. The summed E-state index contributed by atoms with van der Waals surface area (Å²) in [4.78, 5) is 15.7. The van der Waals surface area contributed by atoms with Gasteiger partial charge in [-0.2, -0.15) is 0 Å². The van der Waals surface area contributed by atoms with Crippen molar-refractivity contribution in [2.75, 3.05) is 0 Å². The minimum Gasteiger partial charge on any atom is -0.480 e. The number of aliphatic carboxylic acids is 1. The van der Waals surface area contributed by atoms with Crippen LogP contribution in [-0.2, 0) is 11.3 Å². The number of nitrogens with zero attached hydrogens (tertiary/aromatic N) is 1. The third kappa shape index (κ3) is 3.46. The van der Waals surface area contributed by atoms with E-state index in [-0.39, 0.29) is 5.92 Å². The van der Waals surface area contributed by atoms with Crippen LogP contribution in [0.1, 0.15) is 26.0 Å². The summed E-state index contributed by atoms with van der Waals surface area (Å²) in [5, 5.41) is 15.0. The van der Waals surface area contributed by atoms with Gasteiger partial charge in [-0.05, 0) is 18.1 Å². The van der Waals surface area contributed by atoms with Crippen molar-refractivity contribution in [3.05, 3.63) is 29.5 Å². The van der Waals surface area contributed by atoms with Gasteiger partial charge in [-0.15, -0.1) is 11.3 Å². The van der Waals surface area contributed by atoms with E-state index < -0.39 is 12.0 Å². The topological polar surface area (TPSA) is 75.4 Å². The summed E-state index contributed by atoms with van der Waals surface area (Å²) >= 11 is 1.49. The van der Waals surface area contributed by atoms with Crippen molar-refractivity contribution >= 4 is 17.3 Å². The molecule has 0 aliphatic rings. The van der Waals surface area contributed by atoms with Crippen LogP contribution >= 0.6 is 11.3 Å². The highest BCUT2D eigenvalue weighted by atomic mass is 32.1. The lowest BCUT2D eigenvalue weighted by Gasteiger charge is -2.19. The van der Waals surface area contributed by atoms with Crippen molar-refractivity contribution < 1.29 is 14.3 Å². The first-order valence-electron chi connectivity index (χ1n) is 6.56. The summed E-state index contributed by atoms with van der Waals surface area (Å²) in [6, 6.07) is 3.13. The number of hydrogen-bond donors (Lipinski definition) is 2. The molecule has 0 radical (unpaired) electrons. The molecule has 0 saturated carbocycles. The lowest BCUT2D eigenvalue weighted by atomic mass is 9.99. The second-order valence-electron chi connectivity index (χ2n) is 4.70. The molecule has 0 spiro atoms. The highest BCUT2D eigenvalue weighted by Crippen LogP contribution is 2.24. The van der Waals surface area contributed by atoms with Crippen LogP contribution in [0.4, 0.5) is 0 Å². The third-order valence-corrected chi connectivity index (χ3v) is 4.17. The second-order valence-corrected chi connectivity index (χ2v) is 5.56. The lowest BCUT2D eigenvalue weighted by Crippen LogP contribution is -2.41. The van der Waals surface area contributed by atoms with E-state index in [4.69, 9.17) is 4.42 Å². The third-order valence-electron chi connectivity index (χ3n) is 3.27. The highest BCUT2D eigenvalue weighted by Gasteiger charge is 2.23. The van der Waals surface area contributed by atoms with Crippen LogP contribution in [0.3, 0.4) is 0 Å². The Hall–Kier alpha value is -1.66. The van der Waals surface area contributed by atoms with E-state index in [1.165, 1.54) is 11.3 Å². The molecule has 2 rings (SSSR count). The summed E-state index contributed by atoms with van der Waals surface area (Å²) in [6.07, 6.45) is 2.43. The quantitative estimate of drug-likeness (QED) is 0.821. The molecule has 2 heterocycles. The molecule has 5 nitrogen and oxygen atoms in total. The molecule has 2 N–H and O–H groups in total. The standard InChI is InChI=1S/C14H18N2O3S/c1-3-9(2)12(14(17)18)15-7-10-8-20-13(16-10)11-5-4-6-19-11/h4-6,8-9,12,15H,3,7H2,1-2H3,(H,17,18)/t9-,12-/m0/s1. The van der Waals surface area contributed by atoms with Gasteiger partial charge in [0.25, 0.3) is 0 Å². The van der Waals surface area contributed by atoms with Crippen molar-refractivity contribution in [3.63, 3.8) is 0 Å². The molecular weight excluding hydrogens is 276 g/mol. The van der Waals surface area contributed by atoms with Gasteiger partial charge >= 0.3 is 5.97 Å². The number of rotatable bonds is 7. The van der Waals surface area contributed by atoms with Gasteiger partial charge in [0.1, 0.15) is 6.04 Å². The maximum atomic E-state index is 11.2. The van der Waals surface area contributed by atoms with Crippen LogP contribution in [0.2, 0.25) is 0 Å². The fourth-order valence-electron chi connectivity index (χ4n) is 1.88. The van der Waals surface area contributed by atoms with E-state index in [1.807, 2.05) is 31.4 Å². The van der Waals surface area contributed by atoms with Crippen LogP contribution in [-0.4, -0.2) is 22.1 Å². The monoisotopic (exact) mass is 294 g/mol. The lowest BCUT2D eigenvalue weighted by molar-refractivity contribution is -0.140. The molecule has 108 valence electrons. The molecule has 2 atom stereocenters. The predicted molar refractivity (Wildman–Crippen MR) is 77.5 cm³/mol. The van der Waals surface area contributed by atoms with Crippen LogP contribution in [0.25, 0.3) is 10.8 Å². The van der Waals surface area contributed by atoms with Gasteiger partial charge in [-0.3, -0.25) is 10.1 Å². The summed E-state index contributed by atoms with van der Waals surface area (Å²) in [5.74, 6) is -0.00511. The zero-order valence-corrected chi connectivity index (χ0v) is 12.3. The van der Waals surface area contributed by atoms with Gasteiger partial charge in [0.05, 0.1) is 12.0 Å². The average molecular weight is 294 g/mol. The first-order valence-corrected chi connectivity index (χ1v) is 7.44. The number of carbonyl (C=O) groups is 1. The van der Waals surface area contributed by atoms with Crippen LogP contribution in [0.15, 0.2) is 28.2 Å². The zero-order valence-electron chi connectivity index (χ0n) is 11.5. The number of furan rings is 1. The Morgan fingerprint density at radius 3 is 3.00 bits per heavy atom. The summed E-state index contributed by atoms with van der Waals surface area (Å²) in [5.41, 5.74) is 0.830. The van der Waals surface area contributed by atoms with Gasteiger partial charge in [0.2, 0.25) is 0 Å². The van der Waals surface area contributed by atoms with Crippen LogP contribution in [0, 0.1) is 5.92 Å². The SMILES string of the molecule is CC[C@H](C)[C@H](NCc1csc(-c2ccco2)n1)C(=O)O. The largest absolute Gasteiger partial charge is 0.480 e. The Balaban J connectivity index is 1.98. The summed E-state index contributed by atoms with van der Waals surface area (Å²) in [7, 11) is 0. The second kappa shape index (κ2) is 6.67. The molecule has 0 aromatic carbocycles. The number of carboxylic acids is 1.